The van der Waals surface area contributed by atoms with Gasteiger partial charge in [-0.3, -0.25) is 4.79 Å². The van der Waals surface area contributed by atoms with Gasteiger partial charge in [0.1, 0.15) is 0 Å². The molecule has 0 saturated carbocycles. The van der Waals surface area contributed by atoms with Gasteiger partial charge in [0.25, 0.3) is 0 Å². The van der Waals surface area contributed by atoms with E-state index >= 15 is 0 Å². The molecule has 1 fully saturated rings. The van der Waals surface area contributed by atoms with Crippen LogP contribution in [0.3, 0.4) is 0 Å². The Balaban J connectivity index is 0.00000225. The molecule has 1 atom stereocenters. The minimum absolute atomic E-state index is 0. The number of nitrogens with one attached hydrogen (secondary N) is 1. The van der Waals surface area contributed by atoms with Crippen molar-refractivity contribution in [2.24, 2.45) is 11.7 Å². The third kappa shape index (κ3) is 5.30. The standard InChI is InChI=1S/C10H17BrN2O2.ClH/c1-7(11)6-13-10(14)9(12)8-2-4-15-5-3-8;/h8-9H,1-6,12H2,(H,13,14);1H. The summed E-state index contributed by atoms with van der Waals surface area (Å²) in [5.74, 6) is 0.129. The molecule has 0 aliphatic carbocycles. The van der Waals surface area contributed by atoms with Gasteiger partial charge in [-0.05, 0) is 18.8 Å². The summed E-state index contributed by atoms with van der Waals surface area (Å²) in [6.07, 6.45) is 1.73. The van der Waals surface area contributed by atoms with E-state index in [4.69, 9.17) is 10.5 Å². The zero-order valence-electron chi connectivity index (χ0n) is 9.08. The Morgan fingerprint density at radius 2 is 2.12 bits per heavy atom. The first-order chi connectivity index (χ1) is 7.11. The molecule has 0 aromatic heterocycles. The van der Waals surface area contributed by atoms with Crippen LogP contribution in [-0.2, 0) is 9.53 Å². The van der Waals surface area contributed by atoms with Gasteiger partial charge in [-0.15, -0.1) is 12.4 Å². The number of nitrogens with two attached hydrogens (primary N) is 1. The average Bonchev–Trinajstić information content (AvgIpc) is 2.26. The molecule has 0 aromatic carbocycles. The molecule has 0 bridgehead atoms. The first-order valence-electron chi connectivity index (χ1n) is 5.05. The SMILES string of the molecule is C=C(Br)CNC(=O)C(N)C1CCOCC1.Cl. The number of carbonyl (C=O) groups is 1. The van der Waals surface area contributed by atoms with Crippen LogP contribution in [0.4, 0.5) is 0 Å². The van der Waals surface area contributed by atoms with Crippen molar-refractivity contribution < 1.29 is 9.53 Å². The Morgan fingerprint density at radius 1 is 1.56 bits per heavy atom. The predicted octanol–water partition coefficient (Wildman–Crippen LogP) is 1.19. The second-order valence-electron chi connectivity index (χ2n) is 3.71. The highest BCUT2D eigenvalue weighted by atomic mass is 79.9. The van der Waals surface area contributed by atoms with Crippen LogP contribution in [0.1, 0.15) is 12.8 Å². The molecule has 4 nitrogen and oxygen atoms in total. The number of hydrogen-bond donors (Lipinski definition) is 2. The van der Waals surface area contributed by atoms with Crippen molar-refractivity contribution in [3.8, 4) is 0 Å². The molecule has 0 radical (unpaired) electrons. The Kier molecular flexibility index (Phi) is 8.01. The van der Waals surface area contributed by atoms with Crippen LogP contribution in [0.25, 0.3) is 0 Å². The monoisotopic (exact) mass is 312 g/mol. The van der Waals surface area contributed by atoms with Crippen molar-refractivity contribution >= 4 is 34.2 Å². The van der Waals surface area contributed by atoms with E-state index in [-0.39, 0.29) is 24.2 Å². The lowest BCUT2D eigenvalue weighted by atomic mass is 9.92. The minimum Gasteiger partial charge on any atom is -0.381 e. The molecular formula is C10H18BrClN2O2. The van der Waals surface area contributed by atoms with Crippen LogP contribution >= 0.6 is 28.3 Å². The smallest absolute Gasteiger partial charge is 0.237 e. The normalized spacial score (nSPS) is 18.4. The van der Waals surface area contributed by atoms with Gasteiger partial charge in [0, 0.05) is 24.2 Å². The molecule has 16 heavy (non-hydrogen) atoms. The summed E-state index contributed by atoms with van der Waals surface area (Å²) >= 11 is 3.18. The summed E-state index contributed by atoms with van der Waals surface area (Å²) in [7, 11) is 0. The maximum Gasteiger partial charge on any atom is 0.237 e. The average molecular weight is 314 g/mol. The number of ether oxygens (including phenoxy) is 1. The van der Waals surface area contributed by atoms with E-state index in [0.717, 1.165) is 17.3 Å². The fourth-order valence-electron chi connectivity index (χ4n) is 1.59. The summed E-state index contributed by atoms with van der Waals surface area (Å²) in [5.41, 5.74) is 5.87. The minimum atomic E-state index is -0.430. The molecule has 6 heteroatoms. The summed E-state index contributed by atoms with van der Waals surface area (Å²) in [4.78, 5) is 11.6. The highest BCUT2D eigenvalue weighted by Crippen LogP contribution is 2.17. The number of carbonyl (C=O) groups excluding carboxylic acids is 1. The van der Waals surface area contributed by atoms with Crippen molar-refractivity contribution in [2.45, 2.75) is 18.9 Å². The summed E-state index contributed by atoms with van der Waals surface area (Å²) in [6, 6.07) is -0.430. The Labute approximate surface area is 111 Å². The Bertz CT molecular complexity index is 245. The van der Waals surface area contributed by atoms with Crippen molar-refractivity contribution in [3.63, 3.8) is 0 Å². The molecule has 0 spiro atoms. The van der Waals surface area contributed by atoms with E-state index < -0.39 is 6.04 Å². The van der Waals surface area contributed by atoms with E-state index in [1.165, 1.54) is 0 Å². The maximum absolute atomic E-state index is 11.6. The molecule has 1 saturated heterocycles. The predicted molar refractivity (Wildman–Crippen MR) is 69.8 cm³/mol. The highest BCUT2D eigenvalue weighted by Gasteiger charge is 2.26. The van der Waals surface area contributed by atoms with Crippen molar-refractivity contribution in [1.29, 1.82) is 0 Å². The first kappa shape index (κ1) is 15.9. The van der Waals surface area contributed by atoms with Crippen molar-refractivity contribution in [1.82, 2.24) is 5.32 Å². The molecule has 1 unspecified atom stereocenters. The van der Waals surface area contributed by atoms with Crippen LogP contribution < -0.4 is 11.1 Å². The molecule has 1 heterocycles. The van der Waals surface area contributed by atoms with Gasteiger partial charge in [-0.1, -0.05) is 22.5 Å². The number of hydrogen-bond acceptors (Lipinski definition) is 3. The number of halogens is 2. The Hall–Kier alpha value is -0.100. The van der Waals surface area contributed by atoms with Gasteiger partial charge < -0.3 is 15.8 Å². The maximum atomic E-state index is 11.6. The van der Waals surface area contributed by atoms with E-state index in [1.807, 2.05) is 0 Å². The topological polar surface area (TPSA) is 64.4 Å². The summed E-state index contributed by atoms with van der Waals surface area (Å²) < 4.78 is 5.96. The zero-order valence-corrected chi connectivity index (χ0v) is 11.5. The van der Waals surface area contributed by atoms with Gasteiger partial charge in [0.05, 0.1) is 6.04 Å². The third-order valence-corrected chi connectivity index (χ3v) is 2.81. The Morgan fingerprint density at radius 3 is 2.62 bits per heavy atom. The van der Waals surface area contributed by atoms with Crippen molar-refractivity contribution in [2.75, 3.05) is 19.8 Å². The molecule has 1 amide bonds. The van der Waals surface area contributed by atoms with E-state index in [9.17, 15) is 4.79 Å². The van der Waals surface area contributed by atoms with Crippen LogP contribution in [0.15, 0.2) is 11.1 Å². The van der Waals surface area contributed by atoms with Crippen LogP contribution in [0.5, 0.6) is 0 Å². The molecule has 1 aliphatic rings. The first-order valence-corrected chi connectivity index (χ1v) is 5.85. The number of rotatable bonds is 4. The van der Waals surface area contributed by atoms with Gasteiger partial charge in [-0.2, -0.15) is 0 Å². The lowest BCUT2D eigenvalue weighted by Crippen LogP contribution is -2.47. The third-order valence-electron chi connectivity index (χ3n) is 2.53. The van der Waals surface area contributed by atoms with Crippen LogP contribution in [0, 0.1) is 5.92 Å². The van der Waals surface area contributed by atoms with Gasteiger partial charge >= 0.3 is 0 Å². The summed E-state index contributed by atoms with van der Waals surface area (Å²) in [6.45, 7) is 5.48. The fraction of sp³-hybridized carbons (Fsp3) is 0.700. The van der Waals surface area contributed by atoms with Crippen LogP contribution in [0.2, 0.25) is 0 Å². The molecule has 94 valence electrons. The van der Waals surface area contributed by atoms with E-state index in [1.54, 1.807) is 0 Å². The van der Waals surface area contributed by atoms with Gasteiger partial charge in [0.15, 0.2) is 0 Å². The van der Waals surface area contributed by atoms with Crippen molar-refractivity contribution in [3.05, 3.63) is 11.1 Å². The molecular weight excluding hydrogens is 295 g/mol. The van der Waals surface area contributed by atoms with Crippen LogP contribution in [-0.4, -0.2) is 31.7 Å². The lowest BCUT2D eigenvalue weighted by Gasteiger charge is -2.26. The second-order valence-corrected chi connectivity index (χ2v) is 4.83. The molecule has 3 N–H and O–H groups in total. The zero-order chi connectivity index (χ0) is 11.3. The fourth-order valence-corrected chi connectivity index (χ4v) is 1.73. The molecule has 1 rings (SSSR count). The lowest BCUT2D eigenvalue weighted by molar-refractivity contribution is -0.124. The summed E-state index contributed by atoms with van der Waals surface area (Å²) in [5, 5.41) is 2.73. The van der Waals surface area contributed by atoms with Gasteiger partial charge in [0.2, 0.25) is 5.91 Å². The quantitative estimate of drug-likeness (QED) is 0.819. The van der Waals surface area contributed by atoms with E-state index in [2.05, 4.69) is 27.8 Å². The largest absolute Gasteiger partial charge is 0.381 e. The second kappa shape index (κ2) is 8.06. The highest BCUT2D eigenvalue weighted by molar-refractivity contribution is 9.11. The molecule has 1 aliphatic heterocycles. The van der Waals surface area contributed by atoms with E-state index in [0.29, 0.717) is 19.8 Å². The molecule has 0 aromatic rings. The number of amides is 1. The van der Waals surface area contributed by atoms with Gasteiger partial charge in [-0.25, -0.2) is 0 Å².